The van der Waals surface area contributed by atoms with E-state index in [9.17, 15) is 13.6 Å². The Morgan fingerprint density at radius 2 is 2.00 bits per heavy atom. The smallest absolute Gasteiger partial charge is 0.270 e. The third-order valence-electron chi connectivity index (χ3n) is 1.21. The molecule has 1 aromatic heterocycles. The monoisotopic (exact) mass is 301 g/mol. The van der Waals surface area contributed by atoms with Crippen LogP contribution >= 0.6 is 31.9 Å². The summed E-state index contributed by atoms with van der Waals surface area (Å²) in [4.78, 5) is 13.5. The molecule has 0 saturated carbocycles. The largest absolute Gasteiger partial charge is 0.343 e. The van der Waals surface area contributed by atoms with Gasteiger partial charge in [0.15, 0.2) is 5.43 Å². The molecule has 0 aliphatic heterocycles. The third-order valence-corrected chi connectivity index (χ3v) is 2.26. The molecule has 0 saturated heterocycles. The summed E-state index contributed by atoms with van der Waals surface area (Å²) in [6.45, 7) is 0. The number of hydrogen-bond donors (Lipinski definition) is 1. The molecule has 0 radical (unpaired) electrons. The molecule has 0 amide bonds. The van der Waals surface area contributed by atoms with E-state index >= 15 is 0 Å². The van der Waals surface area contributed by atoms with Crippen LogP contribution in [0.5, 0.6) is 0 Å². The van der Waals surface area contributed by atoms with Gasteiger partial charge in [0.2, 0.25) is 0 Å². The lowest BCUT2D eigenvalue weighted by Crippen LogP contribution is -2.10. The molecule has 1 N–H and O–H groups in total. The van der Waals surface area contributed by atoms with Gasteiger partial charge in [-0.05, 0) is 31.9 Å². The normalized spacial score (nSPS) is 10.8. The molecule has 0 atom stereocenters. The molecule has 0 aliphatic rings. The third kappa shape index (κ3) is 1.92. The van der Waals surface area contributed by atoms with Crippen LogP contribution in [-0.2, 0) is 0 Å². The molecular weight excluding hydrogens is 300 g/mol. The molecule has 0 unspecified atom stereocenters. The average molecular weight is 303 g/mol. The molecule has 0 spiro atoms. The molecule has 0 aromatic carbocycles. The first-order chi connectivity index (χ1) is 5.52. The second-order valence-corrected chi connectivity index (χ2v) is 3.66. The number of nitrogens with one attached hydrogen (secondary N) is 1. The van der Waals surface area contributed by atoms with Crippen molar-refractivity contribution in [2.24, 2.45) is 0 Å². The fraction of sp³-hybridized carbons (Fsp3) is 0.167. The van der Waals surface area contributed by atoms with E-state index in [0.29, 0.717) is 4.60 Å². The summed E-state index contributed by atoms with van der Waals surface area (Å²) in [5, 5.41) is 0. The summed E-state index contributed by atoms with van der Waals surface area (Å²) < 4.78 is 24.7. The zero-order valence-corrected chi connectivity index (χ0v) is 8.75. The minimum atomic E-state index is -2.77. The predicted octanol–water partition coefficient (Wildman–Crippen LogP) is 2.84. The van der Waals surface area contributed by atoms with Gasteiger partial charge < -0.3 is 4.98 Å². The van der Waals surface area contributed by atoms with Crippen molar-refractivity contribution in [3.63, 3.8) is 0 Å². The summed E-state index contributed by atoms with van der Waals surface area (Å²) >= 11 is 5.80. The number of pyridine rings is 1. The Morgan fingerprint density at radius 3 is 2.42 bits per heavy atom. The summed E-state index contributed by atoms with van der Waals surface area (Å²) in [5.74, 6) is 0. The summed E-state index contributed by atoms with van der Waals surface area (Å²) in [5.41, 5.74) is -1.24. The average Bonchev–Trinajstić information content (AvgIpc) is 1.82. The quantitative estimate of drug-likeness (QED) is 0.795. The molecule has 1 heterocycles. The van der Waals surface area contributed by atoms with Crippen LogP contribution in [0.15, 0.2) is 20.1 Å². The topological polar surface area (TPSA) is 32.9 Å². The summed E-state index contributed by atoms with van der Waals surface area (Å²) in [6.07, 6.45) is -2.77. The summed E-state index contributed by atoms with van der Waals surface area (Å²) in [7, 11) is 0. The minimum Gasteiger partial charge on any atom is -0.343 e. The number of rotatable bonds is 1. The number of aromatic amines is 1. The Balaban J connectivity index is 3.39. The van der Waals surface area contributed by atoms with E-state index in [1.165, 1.54) is 0 Å². The van der Waals surface area contributed by atoms with E-state index in [2.05, 4.69) is 36.8 Å². The second kappa shape index (κ2) is 3.66. The maximum absolute atomic E-state index is 12.2. The maximum atomic E-state index is 12.2. The molecule has 12 heavy (non-hydrogen) atoms. The van der Waals surface area contributed by atoms with E-state index in [0.717, 1.165) is 6.07 Å². The minimum absolute atomic E-state index is 0.0110. The molecule has 0 bridgehead atoms. The first-order valence-electron chi connectivity index (χ1n) is 2.88. The van der Waals surface area contributed by atoms with Gasteiger partial charge in [0.1, 0.15) is 0 Å². The van der Waals surface area contributed by atoms with Gasteiger partial charge in [-0.1, -0.05) is 0 Å². The number of hydrogen-bond acceptors (Lipinski definition) is 1. The molecule has 0 aliphatic carbocycles. The lowest BCUT2D eigenvalue weighted by Gasteiger charge is -2.01. The fourth-order valence-corrected chi connectivity index (χ4v) is 1.97. The highest BCUT2D eigenvalue weighted by Crippen LogP contribution is 2.23. The highest BCUT2D eigenvalue weighted by molar-refractivity contribution is 9.11. The van der Waals surface area contributed by atoms with Crippen molar-refractivity contribution in [3.05, 3.63) is 31.1 Å². The lowest BCUT2D eigenvalue weighted by atomic mass is 10.3. The van der Waals surface area contributed by atoms with Gasteiger partial charge in [-0.2, -0.15) is 0 Å². The highest BCUT2D eigenvalue weighted by atomic mass is 79.9. The van der Waals surface area contributed by atoms with E-state index in [-0.39, 0.29) is 4.60 Å². The Labute approximate surface area is 83.2 Å². The molecule has 0 fully saturated rings. The van der Waals surface area contributed by atoms with Crippen LogP contribution in [-0.4, -0.2) is 4.98 Å². The number of halogens is 4. The SMILES string of the molecule is O=c1cc(Br)[nH]c(Br)c1C(F)F. The maximum Gasteiger partial charge on any atom is 0.270 e. The molecular formula is C6H3Br2F2NO. The molecule has 2 nitrogen and oxygen atoms in total. The van der Waals surface area contributed by atoms with Crippen molar-refractivity contribution in [1.29, 1.82) is 0 Å². The van der Waals surface area contributed by atoms with Crippen molar-refractivity contribution in [1.82, 2.24) is 4.98 Å². The first kappa shape index (κ1) is 9.85. The Bertz CT molecular complexity index is 350. The molecule has 1 aromatic rings. The van der Waals surface area contributed by atoms with Crippen LogP contribution in [0.2, 0.25) is 0 Å². The Kier molecular flexibility index (Phi) is 3.00. The Morgan fingerprint density at radius 1 is 1.42 bits per heavy atom. The van der Waals surface area contributed by atoms with Crippen LogP contribution in [0.3, 0.4) is 0 Å². The van der Waals surface area contributed by atoms with Crippen LogP contribution < -0.4 is 5.43 Å². The van der Waals surface area contributed by atoms with Crippen LogP contribution in [0, 0.1) is 0 Å². The summed E-state index contributed by atoms with van der Waals surface area (Å²) in [6, 6.07) is 1.06. The van der Waals surface area contributed by atoms with Gasteiger partial charge in [0, 0.05) is 6.07 Å². The van der Waals surface area contributed by atoms with Gasteiger partial charge >= 0.3 is 0 Å². The zero-order chi connectivity index (χ0) is 9.30. The van der Waals surface area contributed by atoms with E-state index in [1.54, 1.807) is 0 Å². The Hall–Kier alpha value is -0.230. The number of aromatic nitrogens is 1. The van der Waals surface area contributed by atoms with E-state index < -0.39 is 17.4 Å². The highest BCUT2D eigenvalue weighted by Gasteiger charge is 2.16. The van der Waals surface area contributed by atoms with E-state index in [1.807, 2.05) is 0 Å². The predicted molar refractivity (Wildman–Crippen MR) is 47.4 cm³/mol. The zero-order valence-electron chi connectivity index (χ0n) is 5.57. The van der Waals surface area contributed by atoms with Crippen LogP contribution in [0.4, 0.5) is 8.78 Å². The molecule has 1 rings (SSSR count). The number of alkyl halides is 2. The van der Waals surface area contributed by atoms with Crippen molar-refractivity contribution in [2.75, 3.05) is 0 Å². The van der Waals surface area contributed by atoms with Crippen LogP contribution in [0.1, 0.15) is 12.0 Å². The lowest BCUT2D eigenvalue weighted by molar-refractivity contribution is 0.148. The van der Waals surface area contributed by atoms with Gasteiger partial charge in [-0.3, -0.25) is 4.79 Å². The van der Waals surface area contributed by atoms with Gasteiger partial charge in [0.25, 0.3) is 6.43 Å². The van der Waals surface area contributed by atoms with Gasteiger partial charge in [-0.25, -0.2) is 8.78 Å². The molecule has 6 heteroatoms. The first-order valence-corrected chi connectivity index (χ1v) is 4.47. The van der Waals surface area contributed by atoms with Crippen LogP contribution in [0.25, 0.3) is 0 Å². The van der Waals surface area contributed by atoms with Crippen molar-refractivity contribution < 1.29 is 8.78 Å². The second-order valence-electron chi connectivity index (χ2n) is 2.01. The van der Waals surface area contributed by atoms with Gasteiger partial charge in [-0.15, -0.1) is 0 Å². The fourth-order valence-electron chi connectivity index (χ4n) is 0.713. The van der Waals surface area contributed by atoms with Crippen molar-refractivity contribution in [2.45, 2.75) is 6.43 Å². The van der Waals surface area contributed by atoms with Crippen molar-refractivity contribution >= 4 is 31.9 Å². The van der Waals surface area contributed by atoms with Crippen molar-refractivity contribution in [3.8, 4) is 0 Å². The van der Waals surface area contributed by atoms with Gasteiger partial charge in [0.05, 0.1) is 14.8 Å². The van der Waals surface area contributed by atoms with E-state index in [4.69, 9.17) is 0 Å². The number of H-pyrrole nitrogens is 1. The standard InChI is InChI=1S/C6H3Br2F2NO/c7-3-1-2(12)4(6(9)10)5(8)11-3/h1,6H,(H,11,12). The molecule has 66 valence electrons.